The van der Waals surface area contributed by atoms with Crippen LogP contribution in [0.4, 0.5) is 0 Å². The van der Waals surface area contributed by atoms with Gasteiger partial charge < -0.3 is 49.6 Å². The van der Waals surface area contributed by atoms with Crippen molar-refractivity contribution in [3.8, 4) is 11.5 Å². The highest BCUT2D eigenvalue weighted by Gasteiger charge is 2.72. The van der Waals surface area contributed by atoms with Crippen LogP contribution >= 0.6 is 0 Å². The highest BCUT2D eigenvalue weighted by Crippen LogP contribution is 2.65. The quantitative estimate of drug-likeness (QED) is 0.214. The van der Waals surface area contributed by atoms with Gasteiger partial charge in [0.15, 0.2) is 35.9 Å². The third kappa shape index (κ3) is 4.32. The van der Waals surface area contributed by atoms with Crippen molar-refractivity contribution in [2.75, 3.05) is 20.7 Å². The molecule has 0 aromatic heterocycles. The number of rotatable bonds is 9. The fourth-order valence-corrected chi connectivity index (χ4v) is 6.71. The summed E-state index contributed by atoms with van der Waals surface area (Å²) in [5, 5.41) is 44.0. The van der Waals surface area contributed by atoms with Crippen molar-refractivity contribution in [2.24, 2.45) is 0 Å². The Morgan fingerprint density at radius 2 is 1.83 bits per heavy atom. The van der Waals surface area contributed by atoms with E-state index in [1.807, 2.05) is 13.1 Å². The van der Waals surface area contributed by atoms with Gasteiger partial charge in [-0.25, -0.2) is 9.59 Å². The Kier molecular flexibility index (Phi) is 7.46. The lowest BCUT2D eigenvalue weighted by molar-refractivity contribution is -0.181. The monoisotopic (exact) mass is 590 g/mol. The highest BCUT2D eigenvalue weighted by molar-refractivity contribution is 5.90. The van der Waals surface area contributed by atoms with Crippen molar-refractivity contribution in [1.29, 1.82) is 0 Å². The number of aliphatic hydroxyl groups excluding tert-OH is 2. The summed E-state index contributed by atoms with van der Waals surface area (Å²) in [5.74, 6) is -4.25. The predicted octanol–water partition coefficient (Wildman–Crippen LogP) is -1.24. The van der Waals surface area contributed by atoms with E-state index in [0.29, 0.717) is 30.9 Å². The van der Waals surface area contributed by atoms with Gasteiger partial charge in [0.1, 0.15) is 11.8 Å². The fraction of sp³-hybridized carbons (Fsp3) is 0.571. The molecule has 1 fully saturated rings. The molecule has 8 atom stereocenters. The molecule has 2 aliphatic carbocycles. The Balaban J connectivity index is 1.34. The third-order valence-corrected chi connectivity index (χ3v) is 8.95. The number of hydrogen-bond acceptors (Lipinski definition) is 12. The Labute approximate surface area is 240 Å². The minimum absolute atomic E-state index is 0.00843. The van der Waals surface area contributed by atoms with E-state index < -0.39 is 65.3 Å². The lowest BCUT2D eigenvalue weighted by atomic mass is 9.50. The van der Waals surface area contributed by atoms with E-state index in [-0.39, 0.29) is 18.2 Å². The number of carbonyl (C=O) groups excluding carboxylic acids is 3. The van der Waals surface area contributed by atoms with E-state index in [4.69, 9.17) is 24.1 Å². The van der Waals surface area contributed by atoms with Crippen molar-refractivity contribution >= 4 is 23.8 Å². The molecular weight excluding hydrogens is 556 g/mol. The number of methoxy groups -OCH3 is 1. The van der Waals surface area contributed by atoms with Crippen LogP contribution in [0.5, 0.6) is 11.5 Å². The molecule has 5 rings (SSSR count). The number of esters is 2. The van der Waals surface area contributed by atoms with Gasteiger partial charge in [0.2, 0.25) is 0 Å². The number of nitrogens with one attached hydrogen (secondary N) is 1. The molecule has 228 valence electrons. The summed E-state index contributed by atoms with van der Waals surface area (Å²) in [6.07, 6.45) is -4.62. The van der Waals surface area contributed by atoms with Gasteiger partial charge in [0.25, 0.3) is 5.91 Å². The van der Waals surface area contributed by atoms with E-state index in [1.165, 1.54) is 20.1 Å². The maximum Gasteiger partial charge on any atom is 0.343 e. The van der Waals surface area contributed by atoms with Crippen LogP contribution in [-0.2, 0) is 40.5 Å². The summed E-state index contributed by atoms with van der Waals surface area (Å²) in [6.45, 7) is 2.96. The molecule has 0 radical (unpaired) electrons. The molecule has 2 aliphatic heterocycles. The topological polar surface area (TPSA) is 201 Å². The molecule has 2 bridgehead atoms. The lowest BCUT2D eigenvalue weighted by Crippen LogP contribution is -2.74. The standard InChI is InChI=1S/C28H34N2O12/c1-12(24(34)35)29-23(33)13(2)40-25(36)19(31)20(32)26(37)41-16-7-8-28(38)17-11-14-5-6-15(39-4)21-18(14)27(28,22(16)42-21)9-10-30(17)3/h5-7,12-13,17,19-20,22,31-32,38H,8-11H2,1-4H3,(H,29,33)(H,34,35)/t12-,13-,17+,19+,20+,22-,27-,28+/m0/s1. The molecule has 1 aromatic carbocycles. The Morgan fingerprint density at radius 1 is 1.14 bits per heavy atom. The van der Waals surface area contributed by atoms with E-state index in [9.17, 15) is 34.5 Å². The number of aliphatic hydroxyl groups is 3. The molecule has 1 aromatic rings. The van der Waals surface area contributed by atoms with Crippen molar-refractivity contribution in [3.05, 3.63) is 35.1 Å². The van der Waals surface area contributed by atoms with Crippen molar-refractivity contribution in [3.63, 3.8) is 0 Å². The summed E-state index contributed by atoms with van der Waals surface area (Å²) >= 11 is 0. The van der Waals surface area contributed by atoms with E-state index in [0.717, 1.165) is 18.1 Å². The van der Waals surface area contributed by atoms with Gasteiger partial charge in [-0.2, -0.15) is 0 Å². The van der Waals surface area contributed by atoms with Crippen molar-refractivity contribution in [1.82, 2.24) is 10.2 Å². The molecule has 4 aliphatic rings. The maximum atomic E-state index is 13.0. The van der Waals surface area contributed by atoms with Gasteiger partial charge >= 0.3 is 17.9 Å². The third-order valence-electron chi connectivity index (χ3n) is 8.95. The number of carbonyl (C=O) groups is 4. The SMILES string of the molecule is COc1ccc2c3c1O[C@H]1C(OC(=O)[C@H](O)[C@@H](O)C(=O)O[C@@H](C)C(=O)N[C@@H](C)C(=O)O)=CC[C@@]4(O)[C@@H](C2)N(C)CC[C@]314. The number of nitrogens with zero attached hydrogens (tertiary/aromatic N) is 1. The largest absolute Gasteiger partial charge is 0.493 e. The number of likely N-dealkylation sites (tertiary alicyclic amines) is 1. The zero-order valence-electron chi connectivity index (χ0n) is 23.5. The predicted molar refractivity (Wildman–Crippen MR) is 140 cm³/mol. The molecule has 0 unspecified atom stereocenters. The van der Waals surface area contributed by atoms with Crippen LogP contribution < -0.4 is 14.8 Å². The molecule has 1 saturated heterocycles. The second-order valence-corrected chi connectivity index (χ2v) is 11.2. The summed E-state index contributed by atoms with van der Waals surface area (Å²) in [5.41, 5.74) is -0.461. The number of carboxylic acid groups (broad SMARTS) is 1. The number of likely N-dealkylation sites (N-methyl/N-ethyl adjacent to an activating group) is 1. The molecule has 42 heavy (non-hydrogen) atoms. The summed E-state index contributed by atoms with van der Waals surface area (Å²) in [4.78, 5) is 50.5. The first-order valence-corrected chi connectivity index (χ1v) is 13.6. The maximum absolute atomic E-state index is 13.0. The first kappa shape index (κ1) is 29.8. The fourth-order valence-electron chi connectivity index (χ4n) is 6.71. The number of piperidine rings is 1. The second-order valence-electron chi connectivity index (χ2n) is 11.2. The molecule has 2 heterocycles. The van der Waals surface area contributed by atoms with Gasteiger partial charge in [-0.1, -0.05) is 6.07 Å². The smallest absolute Gasteiger partial charge is 0.343 e. The Morgan fingerprint density at radius 3 is 2.50 bits per heavy atom. The van der Waals surface area contributed by atoms with Gasteiger partial charge in [-0.05, 0) is 58.0 Å². The van der Waals surface area contributed by atoms with Gasteiger partial charge in [-0.15, -0.1) is 0 Å². The zero-order chi connectivity index (χ0) is 30.7. The zero-order valence-corrected chi connectivity index (χ0v) is 23.5. The van der Waals surface area contributed by atoms with Crippen LogP contribution in [0.25, 0.3) is 0 Å². The van der Waals surface area contributed by atoms with Crippen LogP contribution in [-0.4, -0.2) is 112 Å². The normalized spacial score (nSPS) is 29.9. The molecule has 14 heteroatoms. The van der Waals surface area contributed by atoms with Crippen LogP contribution in [0.15, 0.2) is 24.0 Å². The number of amides is 1. The molecular formula is C28H34N2O12. The first-order chi connectivity index (χ1) is 19.8. The molecule has 5 N–H and O–H groups in total. The Bertz CT molecular complexity index is 1360. The van der Waals surface area contributed by atoms with Crippen molar-refractivity contribution in [2.45, 2.75) is 80.6 Å². The van der Waals surface area contributed by atoms with Crippen LogP contribution in [0.1, 0.15) is 37.8 Å². The van der Waals surface area contributed by atoms with Crippen LogP contribution in [0.2, 0.25) is 0 Å². The van der Waals surface area contributed by atoms with Gasteiger partial charge in [-0.3, -0.25) is 9.59 Å². The van der Waals surface area contributed by atoms with Gasteiger partial charge in [0.05, 0.1) is 18.1 Å². The number of hydrogen-bond donors (Lipinski definition) is 5. The first-order valence-electron chi connectivity index (χ1n) is 13.6. The summed E-state index contributed by atoms with van der Waals surface area (Å²) in [6, 6.07) is 2.22. The minimum Gasteiger partial charge on any atom is -0.493 e. The van der Waals surface area contributed by atoms with Gasteiger partial charge in [0, 0.05) is 18.0 Å². The summed E-state index contributed by atoms with van der Waals surface area (Å²) in [7, 11) is 3.45. The highest BCUT2D eigenvalue weighted by atomic mass is 16.6. The molecule has 1 spiro atoms. The van der Waals surface area contributed by atoms with E-state index in [1.54, 1.807) is 6.07 Å². The number of aliphatic carboxylic acids is 1. The average molecular weight is 591 g/mol. The number of carboxylic acids is 1. The van der Waals surface area contributed by atoms with Crippen LogP contribution in [0.3, 0.4) is 0 Å². The van der Waals surface area contributed by atoms with Crippen molar-refractivity contribution < 1.29 is 58.6 Å². The molecule has 1 amide bonds. The average Bonchev–Trinajstić information content (AvgIpc) is 3.31. The number of ether oxygens (including phenoxy) is 4. The van der Waals surface area contributed by atoms with Crippen LogP contribution in [0, 0.1) is 0 Å². The number of benzene rings is 1. The Hall–Kier alpha value is -3.72. The van der Waals surface area contributed by atoms with E-state index in [2.05, 4.69) is 10.2 Å². The lowest BCUT2D eigenvalue weighted by Gasteiger charge is -2.61. The second kappa shape index (κ2) is 10.5. The van der Waals surface area contributed by atoms with E-state index >= 15 is 0 Å². The molecule has 14 nitrogen and oxygen atoms in total. The minimum atomic E-state index is -2.42. The molecule has 0 saturated carbocycles. The summed E-state index contributed by atoms with van der Waals surface area (Å²) < 4.78 is 22.2.